The van der Waals surface area contributed by atoms with Crippen LogP contribution in [0.3, 0.4) is 0 Å². The number of hydrogen-bond acceptors (Lipinski definition) is 16. The summed E-state index contributed by atoms with van der Waals surface area (Å²) in [6.45, 7) is 6.73. The molecule has 2 unspecified atom stereocenters. The number of nitrogens with one attached hydrogen (secondary N) is 3. The number of imidazole rings is 2. The van der Waals surface area contributed by atoms with E-state index in [2.05, 4.69) is 56.7 Å². The molecule has 2 aliphatic heterocycles. The lowest BCUT2D eigenvalue weighted by Gasteiger charge is -2.23. The zero-order chi connectivity index (χ0) is 47.0. The standard InChI is InChI=1S/C22H22ClN7O2.C15H19N5O3.C8H7ClN2/c1-14-11-25-22(27-17-5-7-32-8-6-17)29-20(14)30-12-19(26-13-30)21(31)28-18(10-24)15-3-2-4-16(23)9-15;1-10-7-16-15(18-11-3-5-23-6-4-11)19-13(10)20-8-12(17-9-20)14(21)22-2;9-7-3-1-2-6(4-7)8(11)5-10/h2-4,9,11-13,17-18H,5-8H2,1H3,(H,28,31)(H,25,27,29);7-9,11H,3-6H2,1-2H3,(H,16,18,19);1-4,8H,11H2. The first-order valence-electron chi connectivity index (χ1n) is 20.8. The average Bonchev–Trinajstić information content (AvgIpc) is 4.04. The highest BCUT2D eigenvalue weighted by molar-refractivity contribution is 6.30. The molecule has 2 atom stereocenters. The molecule has 2 aromatic carbocycles. The molecular weight excluding hydrogens is 887 g/mol. The van der Waals surface area contributed by atoms with Gasteiger partial charge in [0.05, 0.1) is 19.2 Å². The number of rotatable bonds is 11. The lowest BCUT2D eigenvalue weighted by molar-refractivity contribution is 0.0594. The number of aromatic nitrogens is 8. The minimum Gasteiger partial charge on any atom is -0.464 e. The van der Waals surface area contributed by atoms with Gasteiger partial charge in [-0.25, -0.2) is 24.7 Å². The fraction of sp³-hybridized carbons (Fsp3) is 0.333. The van der Waals surface area contributed by atoms with Gasteiger partial charge in [0, 0.05) is 84.5 Å². The Morgan fingerprint density at radius 1 is 0.758 bits per heavy atom. The molecule has 6 heterocycles. The molecule has 2 aliphatic rings. The number of methoxy groups -OCH3 is 1. The largest absolute Gasteiger partial charge is 0.464 e. The number of esters is 1. The maximum absolute atomic E-state index is 12.7. The Hall–Kier alpha value is -7.00. The molecule has 0 radical (unpaired) electrons. The molecule has 2 saturated heterocycles. The molecule has 21 heteroatoms. The number of carbonyl (C=O) groups is 2. The summed E-state index contributed by atoms with van der Waals surface area (Å²) in [5.41, 5.74) is 8.92. The number of carbonyl (C=O) groups excluding carboxylic acids is 2. The maximum Gasteiger partial charge on any atom is 0.358 e. The highest BCUT2D eigenvalue weighted by atomic mass is 35.5. The normalized spacial score (nSPS) is 14.7. The number of benzene rings is 2. The molecule has 342 valence electrons. The van der Waals surface area contributed by atoms with Crippen LogP contribution in [0.1, 0.15) is 81.0 Å². The Labute approximate surface area is 391 Å². The van der Waals surface area contributed by atoms with Crippen molar-refractivity contribution >= 4 is 47.0 Å². The van der Waals surface area contributed by atoms with Crippen LogP contribution in [0.4, 0.5) is 11.9 Å². The van der Waals surface area contributed by atoms with Crippen molar-refractivity contribution in [1.29, 1.82) is 10.5 Å². The first-order valence-corrected chi connectivity index (χ1v) is 21.6. The van der Waals surface area contributed by atoms with Gasteiger partial charge in [0.2, 0.25) is 11.9 Å². The van der Waals surface area contributed by atoms with Gasteiger partial charge in [-0.1, -0.05) is 47.5 Å². The van der Waals surface area contributed by atoms with Crippen molar-refractivity contribution in [3.8, 4) is 23.8 Å². The van der Waals surface area contributed by atoms with Gasteiger partial charge in [-0.05, 0) is 74.9 Å². The molecule has 66 heavy (non-hydrogen) atoms. The summed E-state index contributed by atoms with van der Waals surface area (Å²) in [4.78, 5) is 50.3. The van der Waals surface area contributed by atoms with Crippen LogP contribution in [0, 0.1) is 36.5 Å². The minimum atomic E-state index is -0.845. The minimum absolute atomic E-state index is 0.171. The number of ether oxygens (including phenoxy) is 3. The van der Waals surface area contributed by atoms with Gasteiger partial charge in [0.25, 0.3) is 5.91 Å². The molecule has 0 saturated carbocycles. The summed E-state index contributed by atoms with van der Waals surface area (Å²) < 4.78 is 18.8. The van der Waals surface area contributed by atoms with Gasteiger partial charge in [0.15, 0.2) is 5.69 Å². The van der Waals surface area contributed by atoms with E-state index in [1.54, 1.807) is 88.8 Å². The van der Waals surface area contributed by atoms with Gasteiger partial charge in [-0.15, -0.1) is 0 Å². The summed E-state index contributed by atoms with van der Waals surface area (Å²) in [6.07, 6.45) is 13.4. The van der Waals surface area contributed by atoms with Gasteiger partial charge in [-0.3, -0.25) is 13.9 Å². The molecule has 0 spiro atoms. The fourth-order valence-electron chi connectivity index (χ4n) is 6.64. The Bertz CT molecular complexity index is 2670. The number of nitrogens with two attached hydrogens (primary N) is 1. The summed E-state index contributed by atoms with van der Waals surface area (Å²) >= 11 is 11.7. The number of halogens is 2. The Morgan fingerprint density at radius 3 is 1.73 bits per heavy atom. The van der Waals surface area contributed by atoms with Crippen molar-refractivity contribution in [1.82, 2.24) is 44.4 Å². The summed E-state index contributed by atoms with van der Waals surface area (Å²) in [5, 5.41) is 28.4. The molecule has 6 aromatic rings. The van der Waals surface area contributed by atoms with Crippen molar-refractivity contribution in [2.24, 2.45) is 5.73 Å². The van der Waals surface area contributed by atoms with E-state index in [1.807, 2.05) is 19.9 Å². The van der Waals surface area contributed by atoms with E-state index >= 15 is 0 Å². The van der Waals surface area contributed by atoms with Gasteiger partial charge in [0.1, 0.15) is 42.1 Å². The second-order valence-corrected chi connectivity index (χ2v) is 15.9. The molecular formula is C45H48Cl2N14O5. The first kappa shape index (κ1) is 48.5. The van der Waals surface area contributed by atoms with Crippen LogP contribution < -0.4 is 21.7 Å². The average molecular weight is 936 g/mol. The van der Waals surface area contributed by atoms with Crippen molar-refractivity contribution in [3.05, 3.63) is 130 Å². The second kappa shape index (κ2) is 23.8. The molecule has 0 aliphatic carbocycles. The number of amides is 1. The predicted octanol–water partition coefficient (Wildman–Crippen LogP) is 6.42. The topological polar surface area (TPSA) is 259 Å². The van der Waals surface area contributed by atoms with Gasteiger partial charge >= 0.3 is 5.97 Å². The lowest BCUT2D eigenvalue weighted by atomic mass is 10.1. The van der Waals surface area contributed by atoms with Crippen LogP contribution in [-0.4, -0.2) is 96.5 Å². The Balaban J connectivity index is 0.000000184. The lowest BCUT2D eigenvalue weighted by Crippen LogP contribution is -2.28. The number of aryl methyl sites for hydroxylation is 2. The predicted molar refractivity (Wildman–Crippen MR) is 245 cm³/mol. The van der Waals surface area contributed by atoms with E-state index in [9.17, 15) is 14.9 Å². The van der Waals surface area contributed by atoms with E-state index in [4.69, 9.17) is 43.7 Å². The van der Waals surface area contributed by atoms with Crippen molar-refractivity contribution in [3.63, 3.8) is 0 Å². The van der Waals surface area contributed by atoms with Crippen molar-refractivity contribution < 1.29 is 23.8 Å². The van der Waals surface area contributed by atoms with E-state index < -0.39 is 24.0 Å². The number of anilines is 2. The summed E-state index contributed by atoms with van der Waals surface area (Å²) in [5.74, 6) is 1.43. The molecule has 8 rings (SSSR count). The third-order valence-electron chi connectivity index (χ3n) is 10.2. The van der Waals surface area contributed by atoms with E-state index in [1.165, 1.54) is 13.4 Å². The molecule has 5 N–H and O–H groups in total. The van der Waals surface area contributed by atoms with E-state index in [0.717, 1.165) is 68.8 Å². The SMILES string of the molecule is COC(=O)c1cn(-c2nc(NC3CCOCC3)ncc2C)cn1.Cc1cnc(NC2CCOCC2)nc1-n1cnc(C(=O)NC(C#N)c2cccc(Cl)c2)c1.N#CC(N)c1cccc(Cl)c1. The Kier molecular flexibility index (Phi) is 17.5. The van der Waals surface area contributed by atoms with Crippen LogP contribution in [0.2, 0.25) is 10.0 Å². The van der Waals surface area contributed by atoms with Crippen LogP contribution in [0.25, 0.3) is 11.6 Å². The monoisotopic (exact) mass is 934 g/mol. The van der Waals surface area contributed by atoms with Gasteiger partial charge in [-0.2, -0.15) is 20.5 Å². The molecule has 2 fully saturated rings. The molecule has 1 amide bonds. The molecule has 0 bridgehead atoms. The van der Waals surface area contributed by atoms with Crippen LogP contribution in [0.15, 0.2) is 86.0 Å². The highest BCUT2D eigenvalue weighted by Gasteiger charge is 2.20. The summed E-state index contributed by atoms with van der Waals surface area (Å²) in [6, 6.07) is 17.0. The van der Waals surface area contributed by atoms with Crippen LogP contribution >= 0.6 is 23.2 Å². The van der Waals surface area contributed by atoms with Gasteiger partial charge < -0.3 is 35.9 Å². The van der Waals surface area contributed by atoms with Crippen LogP contribution in [-0.2, 0) is 14.2 Å². The smallest absolute Gasteiger partial charge is 0.358 e. The fourth-order valence-corrected chi connectivity index (χ4v) is 7.03. The highest BCUT2D eigenvalue weighted by Crippen LogP contribution is 2.21. The number of nitrogens with zero attached hydrogens (tertiary/aromatic N) is 10. The zero-order valence-electron chi connectivity index (χ0n) is 36.4. The zero-order valence-corrected chi connectivity index (χ0v) is 37.9. The summed E-state index contributed by atoms with van der Waals surface area (Å²) in [7, 11) is 1.33. The Morgan fingerprint density at radius 2 is 1.24 bits per heavy atom. The third-order valence-corrected chi connectivity index (χ3v) is 10.7. The van der Waals surface area contributed by atoms with E-state index in [-0.39, 0.29) is 17.4 Å². The molecule has 19 nitrogen and oxygen atoms in total. The quantitative estimate of drug-likeness (QED) is 0.102. The van der Waals surface area contributed by atoms with Crippen molar-refractivity contribution in [2.45, 2.75) is 63.7 Å². The second-order valence-electron chi connectivity index (χ2n) is 15.0. The van der Waals surface area contributed by atoms with E-state index in [0.29, 0.717) is 45.2 Å². The van der Waals surface area contributed by atoms with Crippen LogP contribution in [0.5, 0.6) is 0 Å². The third kappa shape index (κ3) is 13.5. The first-order chi connectivity index (χ1) is 31.9. The number of hydrogen-bond donors (Lipinski definition) is 4. The number of nitriles is 2. The maximum atomic E-state index is 12.7. The molecule has 4 aromatic heterocycles. The van der Waals surface area contributed by atoms with Crippen molar-refractivity contribution in [2.75, 3.05) is 44.2 Å².